The highest BCUT2D eigenvalue weighted by Crippen LogP contribution is 2.28. The molecule has 1 N–H and O–H groups in total. The second kappa shape index (κ2) is 6.86. The minimum atomic E-state index is 0.468. The third-order valence-electron chi connectivity index (χ3n) is 3.37. The smallest absolute Gasteiger partial charge is 0.207 e. The number of carbonyl (C=O) groups excluding carboxylic acids is 1. The molecule has 0 aromatic heterocycles. The molecule has 1 fully saturated rings. The predicted octanol–water partition coefficient (Wildman–Crippen LogP) is 2.87. The van der Waals surface area contributed by atoms with Crippen molar-refractivity contribution in [1.82, 2.24) is 5.32 Å². The number of hydrogen-bond donors (Lipinski definition) is 1. The second-order valence-electron chi connectivity index (χ2n) is 4.50. The van der Waals surface area contributed by atoms with Crippen LogP contribution in [-0.4, -0.2) is 12.5 Å². The zero-order chi connectivity index (χ0) is 10.2. The molecule has 1 amide bonds. The molecule has 2 nitrogen and oxygen atoms in total. The van der Waals surface area contributed by atoms with Crippen LogP contribution in [0, 0.1) is 5.92 Å². The Balaban J connectivity index is 2.06. The Morgan fingerprint density at radius 2 is 1.93 bits per heavy atom. The first kappa shape index (κ1) is 11.5. The van der Waals surface area contributed by atoms with Crippen LogP contribution in [0.25, 0.3) is 0 Å². The average molecular weight is 197 g/mol. The van der Waals surface area contributed by atoms with Crippen LogP contribution in [-0.2, 0) is 4.79 Å². The maximum atomic E-state index is 10.3. The van der Waals surface area contributed by atoms with Gasteiger partial charge in [0.1, 0.15) is 0 Å². The van der Waals surface area contributed by atoms with Crippen molar-refractivity contribution in [1.29, 1.82) is 0 Å². The summed E-state index contributed by atoms with van der Waals surface area (Å²) in [6.45, 7) is 2.25. The molecule has 82 valence electrons. The predicted molar refractivity (Wildman–Crippen MR) is 59.1 cm³/mol. The second-order valence-corrected chi connectivity index (χ2v) is 4.50. The van der Waals surface area contributed by atoms with Gasteiger partial charge < -0.3 is 5.32 Å². The van der Waals surface area contributed by atoms with E-state index < -0.39 is 0 Å². The molecule has 2 heteroatoms. The Bertz CT molecular complexity index is 150. The van der Waals surface area contributed by atoms with Gasteiger partial charge in [-0.2, -0.15) is 0 Å². The van der Waals surface area contributed by atoms with Crippen LogP contribution < -0.4 is 5.32 Å². The normalized spacial score (nSPS) is 27.2. The summed E-state index contributed by atoms with van der Waals surface area (Å²) in [5, 5.41) is 2.89. The van der Waals surface area contributed by atoms with Crippen molar-refractivity contribution in [2.24, 2.45) is 5.92 Å². The van der Waals surface area contributed by atoms with Crippen molar-refractivity contribution in [2.75, 3.05) is 0 Å². The first-order chi connectivity index (χ1) is 6.86. The number of rotatable bonds is 6. The summed E-state index contributed by atoms with van der Waals surface area (Å²) in [5.41, 5.74) is 0. The van der Waals surface area contributed by atoms with E-state index >= 15 is 0 Å². The average Bonchev–Trinajstić information content (AvgIpc) is 2.21. The van der Waals surface area contributed by atoms with E-state index in [0.29, 0.717) is 6.04 Å². The summed E-state index contributed by atoms with van der Waals surface area (Å²) in [6, 6.07) is 0.468. The van der Waals surface area contributed by atoms with Crippen LogP contribution in [0.5, 0.6) is 0 Å². The van der Waals surface area contributed by atoms with Crippen molar-refractivity contribution >= 4 is 6.41 Å². The molecule has 0 atom stereocenters. The lowest BCUT2D eigenvalue weighted by molar-refractivity contribution is -0.110. The number of nitrogens with one attached hydrogen (secondary N) is 1. The quantitative estimate of drug-likeness (QED) is 0.515. The molecule has 0 aliphatic heterocycles. The highest BCUT2D eigenvalue weighted by molar-refractivity contribution is 5.46. The summed E-state index contributed by atoms with van der Waals surface area (Å²) < 4.78 is 0. The topological polar surface area (TPSA) is 29.1 Å². The molecule has 0 heterocycles. The van der Waals surface area contributed by atoms with Crippen LogP contribution in [0.4, 0.5) is 0 Å². The maximum absolute atomic E-state index is 10.3. The van der Waals surface area contributed by atoms with E-state index in [1.807, 2.05) is 0 Å². The van der Waals surface area contributed by atoms with Crippen molar-refractivity contribution in [2.45, 2.75) is 64.3 Å². The number of unbranched alkanes of at least 4 members (excludes halogenated alkanes) is 2. The van der Waals surface area contributed by atoms with E-state index in [1.165, 1.54) is 51.4 Å². The molecule has 1 saturated carbocycles. The van der Waals surface area contributed by atoms with Crippen molar-refractivity contribution in [3.8, 4) is 0 Å². The molecule has 14 heavy (non-hydrogen) atoms. The highest BCUT2D eigenvalue weighted by atomic mass is 16.1. The molecular weight excluding hydrogens is 174 g/mol. The Morgan fingerprint density at radius 3 is 2.50 bits per heavy atom. The largest absolute Gasteiger partial charge is 0.356 e. The SMILES string of the molecule is CCCCC[C@H]1CC[C@H](NC=O)CC1. The fourth-order valence-corrected chi connectivity index (χ4v) is 2.40. The summed E-state index contributed by atoms with van der Waals surface area (Å²) in [7, 11) is 0. The summed E-state index contributed by atoms with van der Waals surface area (Å²) in [6.07, 6.45) is 11.4. The van der Waals surface area contributed by atoms with Crippen molar-refractivity contribution in [3.05, 3.63) is 0 Å². The molecule has 0 unspecified atom stereocenters. The van der Waals surface area contributed by atoms with Gasteiger partial charge in [0.25, 0.3) is 0 Å². The van der Waals surface area contributed by atoms with Gasteiger partial charge in [-0.1, -0.05) is 32.6 Å². The highest BCUT2D eigenvalue weighted by Gasteiger charge is 2.19. The Labute approximate surface area is 87.5 Å². The molecule has 1 aliphatic rings. The lowest BCUT2D eigenvalue weighted by Crippen LogP contribution is -2.32. The van der Waals surface area contributed by atoms with E-state index in [1.54, 1.807) is 0 Å². The minimum absolute atomic E-state index is 0.468. The van der Waals surface area contributed by atoms with E-state index in [2.05, 4.69) is 12.2 Å². The lowest BCUT2D eigenvalue weighted by Gasteiger charge is -2.27. The van der Waals surface area contributed by atoms with Crippen molar-refractivity contribution < 1.29 is 4.79 Å². The third-order valence-corrected chi connectivity index (χ3v) is 3.37. The van der Waals surface area contributed by atoms with Crippen LogP contribution in [0.15, 0.2) is 0 Å². The molecule has 0 saturated heterocycles. The van der Waals surface area contributed by atoms with E-state index in [-0.39, 0.29) is 0 Å². The molecule has 0 aromatic rings. The molecular formula is C12H23NO. The molecule has 1 aliphatic carbocycles. The Morgan fingerprint density at radius 1 is 1.21 bits per heavy atom. The fraction of sp³-hybridized carbons (Fsp3) is 0.917. The van der Waals surface area contributed by atoms with Gasteiger partial charge in [0.05, 0.1) is 0 Å². The van der Waals surface area contributed by atoms with Crippen molar-refractivity contribution in [3.63, 3.8) is 0 Å². The standard InChI is InChI=1S/C12H23NO/c1-2-3-4-5-11-6-8-12(9-7-11)13-10-14/h10-12H,2-9H2,1H3,(H,13,14)/t11-,12-. The monoisotopic (exact) mass is 197 g/mol. The molecule has 0 aromatic carbocycles. The summed E-state index contributed by atoms with van der Waals surface area (Å²) in [4.78, 5) is 10.3. The Kier molecular flexibility index (Phi) is 5.65. The molecule has 0 spiro atoms. The zero-order valence-corrected chi connectivity index (χ0v) is 9.30. The first-order valence-corrected chi connectivity index (χ1v) is 6.06. The fourth-order valence-electron chi connectivity index (χ4n) is 2.40. The van der Waals surface area contributed by atoms with Crippen LogP contribution in [0.1, 0.15) is 58.3 Å². The van der Waals surface area contributed by atoms with Crippen LogP contribution >= 0.6 is 0 Å². The van der Waals surface area contributed by atoms with Gasteiger partial charge in [-0.25, -0.2) is 0 Å². The summed E-state index contributed by atoms with van der Waals surface area (Å²) in [5.74, 6) is 0.936. The van der Waals surface area contributed by atoms with Crippen LogP contribution in [0.3, 0.4) is 0 Å². The van der Waals surface area contributed by atoms with E-state index in [4.69, 9.17) is 0 Å². The van der Waals surface area contributed by atoms with Gasteiger partial charge in [-0.15, -0.1) is 0 Å². The number of amides is 1. The third kappa shape index (κ3) is 4.12. The molecule has 0 radical (unpaired) electrons. The van der Waals surface area contributed by atoms with Crippen LogP contribution in [0.2, 0.25) is 0 Å². The number of hydrogen-bond acceptors (Lipinski definition) is 1. The van der Waals surface area contributed by atoms with Gasteiger partial charge in [0, 0.05) is 6.04 Å². The Hall–Kier alpha value is -0.530. The minimum Gasteiger partial charge on any atom is -0.356 e. The first-order valence-electron chi connectivity index (χ1n) is 6.06. The summed E-state index contributed by atoms with van der Waals surface area (Å²) >= 11 is 0. The number of carbonyl (C=O) groups is 1. The van der Waals surface area contributed by atoms with Gasteiger partial charge in [-0.05, 0) is 31.6 Å². The lowest BCUT2D eigenvalue weighted by atomic mass is 9.83. The van der Waals surface area contributed by atoms with Gasteiger partial charge in [0.2, 0.25) is 6.41 Å². The van der Waals surface area contributed by atoms with E-state index in [9.17, 15) is 4.79 Å². The van der Waals surface area contributed by atoms with Gasteiger partial charge >= 0.3 is 0 Å². The van der Waals surface area contributed by atoms with Gasteiger partial charge in [-0.3, -0.25) is 4.79 Å². The van der Waals surface area contributed by atoms with Gasteiger partial charge in [0.15, 0.2) is 0 Å². The zero-order valence-electron chi connectivity index (χ0n) is 9.30. The molecule has 1 rings (SSSR count). The van der Waals surface area contributed by atoms with E-state index in [0.717, 1.165) is 12.3 Å². The maximum Gasteiger partial charge on any atom is 0.207 e. The molecule has 0 bridgehead atoms.